The van der Waals surface area contributed by atoms with E-state index in [1.54, 1.807) is 25.1 Å². The molecular formula is C30H35NO5. The van der Waals surface area contributed by atoms with Crippen LogP contribution in [0.2, 0.25) is 0 Å². The molecule has 0 spiro atoms. The highest BCUT2D eigenvalue weighted by Crippen LogP contribution is 2.22. The number of anilines is 1. The second-order valence-corrected chi connectivity index (χ2v) is 8.93. The summed E-state index contributed by atoms with van der Waals surface area (Å²) in [5.74, 6) is 1.31. The van der Waals surface area contributed by atoms with Crippen molar-refractivity contribution in [1.29, 1.82) is 0 Å². The van der Waals surface area contributed by atoms with E-state index >= 15 is 0 Å². The Balaban J connectivity index is 1.50. The van der Waals surface area contributed by atoms with Gasteiger partial charge in [0.25, 0.3) is 5.91 Å². The van der Waals surface area contributed by atoms with Crippen LogP contribution in [0, 0.1) is 5.92 Å². The molecule has 3 rings (SSSR count). The van der Waals surface area contributed by atoms with Gasteiger partial charge in [-0.25, -0.2) is 0 Å². The van der Waals surface area contributed by atoms with Gasteiger partial charge in [-0.15, -0.1) is 0 Å². The molecule has 0 saturated heterocycles. The van der Waals surface area contributed by atoms with Crippen LogP contribution in [0.3, 0.4) is 0 Å². The van der Waals surface area contributed by atoms with E-state index in [2.05, 4.69) is 43.4 Å². The second-order valence-electron chi connectivity index (χ2n) is 8.93. The van der Waals surface area contributed by atoms with Crippen molar-refractivity contribution >= 4 is 17.6 Å². The molecule has 0 atom stereocenters. The first-order valence-electron chi connectivity index (χ1n) is 12.4. The van der Waals surface area contributed by atoms with Crippen LogP contribution in [-0.2, 0) is 22.6 Å². The van der Waals surface area contributed by atoms with E-state index in [0.29, 0.717) is 49.2 Å². The predicted molar refractivity (Wildman–Crippen MR) is 142 cm³/mol. The predicted octanol–water partition coefficient (Wildman–Crippen LogP) is 6.44. The molecule has 0 heterocycles. The zero-order valence-electron chi connectivity index (χ0n) is 21.3. The SMILES string of the molecule is CCOC(=O)CCCOc1ccccc1C(=O)Nc1ccc(OCc2ccc(CC(C)C)cc2)cc1. The lowest BCUT2D eigenvalue weighted by atomic mass is 10.0. The van der Waals surface area contributed by atoms with Crippen molar-refractivity contribution in [2.75, 3.05) is 18.5 Å². The number of benzene rings is 3. The highest BCUT2D eigenvalue weighted by atomic mass is 16.5. The molecule has 0 fully saturated rings. The quantitative estimate of drug-likeness (QED) is 0.221. The lowest BCUT2D eigenvalue weighted by Gasteiger charge is -2.12. The molecule has 3 aromatic rings. The topological polar surface area (TPSA) is 73.9 Å². The van der Waals surface area contributed by atoms with Gasteiger partial charge >= 0.3 is 5.97 Å². The number of ether oxygens (including phenoxy) is 3. The number of carbonyl (C=O) groups excluding carboxylic acids is 2. The van der Waals surface area contributed by atoms with Gasteiger partial charge in [0, 0.05) is 12.1 Å². The van der Waals surface area contributed by atoms with Crippen LogP contribution in [0.5, 0.6) is 11.5 Å². The number of amides is 1. The maximum absolute atomic E-state index is 12.9. The third kappa shape index (κ3) is 8.77. The van der Waals surface area contributed by atoms with Crippen LogP contribution in [0.25, 0.3) is 0 Å². The summed E-state index contributed by atoms with van der Waals surface area (Å²) < 4.78 is 16.6. The van der Waals surface area contributed by atoms with Crippen LogP contribution < -0.4 is 14.8 Å². The third-order valence-corrected chi connectivity index (χ3v) is 5.40. The Bertz CT molecular complexity index is 1110. The Kier molecular flexibility index (Phi) is 10.4. The van der Waals surface area contributed by atoms with Gasteiger partial charge < -0.3 is 19.5 Å². The zero-order valence-corrected chi connectivity index (χ0v) is 21.3. The molecule has 0 saturated carbocycles. The highest BCUT2D eigenvalue weighted by molar-refractivity contribution is 6.06. The van der Waals surface area contributed by atoms with Crippen LogP contribution in [-0.4, -0.2) is 25.1 Å². The lowest BCUT2D eigenvalue weighted by Crippen LogP contribution is -2.14. The summed E-state index contributed by atoms with van der Waals surface area (Å²) in [7, 11) is 0. The number of esters is 1. The van der Waals surface area contributed by atoms with E-state index in [-0.39, 0.29) is 18.3 Å². The fourth-order valence-corrected chi connectivity index (χ4v) is 3.65. The number of rotatable bonds is 13. The van der Waals surface area contributed by atoms with Gasteiger partial charge in [0.1, 0.15) is 18.1 Å². The third-order valence-electron chi connectivity index (χ3n) is 5.40. The molecule has 36 heavy (non-hydrogen) atoms. The first kappa shape index (κ1) is 26.8. The summed E-state index contributed by atoms with van der Waals surface area (Å²) in [4.78, 5) is 24.3. The molecule has 1 amide bonds. The smallest absolute Gasteiger partial charge is 0.305 e. The van der Waals surface area contributed by atoms with Gasteiger partial charge in [0.15, 0.2) is 0 Å². The number of hydrogen-bond donors (Lipinski definition) is 1. The van der Waals surface area contributed by atoms with Crippen molar-refractivity contribution in [2.24, 2.45) is 5.92 Å². The fraction of sp³-hybridized carbons (Fsp3) is 0.333. The first-order valence-corrected chi connectivity index (χ1v) is 12.4. The van der Waals surface area contributed by atoms with E-state index in [0.717, 1.165) is 17.7 Å². The molecular weight excluding hydrogens is 454 g/mol. The van der Waals surface area contributed by atoms with Gasteiger partial charge in [-0.1, -0.05) is 50.2 Å². The van der Waals surface area contributed by atoms with Crippen molar-refractivity contribution < 1.29 is 23.8 Å². The maximum Gasteiger partial charge on any atom is 0.305 e. The second kappa shape index (κ2) is 13.9. The Morgan fingerprint density at radius 1 is 0.861 bits per heavy atom. The first-order chi connectivity index (χ1) is 17.4. The number of nitrogens with one attached hydrogen (secondary N) is 1. The van der Waals surface area contributed by atoms with Gasteiger partial charge in [-0.2, -0.15) is 0 Å². The number of carbonyl (C=O) groups is 2. The van der Waals surface area contributed by atoms with E-state index in [9.17, 15) is 9.59 Å². The molecule has 0 aliphatic rings. The molecule has 0 aliphatic heterocycles. The Labute approximate surface area is 213 Å². The Morgan fingerprint density at radius 3 is 2.25 bits per heavy atom. The van der Waals surface area contributed by atoms with Crippen molar-refractivity contribution in [3.05, 3.63) is 89.5 Å². The normalized spacial score (nSPS) is 10.7. The molecule has 1 N–H and O–H groups in total. The lowest BCUT2D eigenvalue weighted by molar-refractivity contribution is -0.143. The minimum atomic E-state index is -0.272. The molecule has 0 radical (unpaired) electrons. The van der Waals surface area contributed by atoms with Crippen molar-refractivity contribution in [3.8, 4) is 11.5 Å². The van der Waals surface area contributed by atoms with Gasteiger partial charge in [-0.3, -0.25) is 9.59 Å². The maximum atomic E-state index is 12.9. The van der Waals surface area contributed by atoms with Gasteiger partial charge in [0.05, 0.1) is 18.8 Å². The summed E-state index contributed by atoms with van der Waals surface area (Å²) in [6.45, 7) is 7.36. The molecule has 0 unspecified atom stereocenters. The molecule has 3 aromatic carbocycles. The summed E-state index contributed by atoms with van der Waals surface area (Å²) in [6.07, 6.45) is 1.86. The van der Waals surface area contributed by atoms with Crippen LogP contribution >= 0.6 is 0 Å². The standard InChI is InChI=1S/C30H35NO5/c1-4-34-29(32)10-7-19-35-28-9-6-5-8-27(28)30(33)31-25-15-17-26(18-16-25)36-21-24-13-11-23(12-14-24)20-22(2)3/h5-6,8-9,11-18,22H,4,7,10,19-21H2,1-3H3,(H,31,33). The summed E-state index contributed by atoms with van der Waals surface area (Å²) in [5, 5.41) is 2.90. The van der Waals surface area contributed by atoms with E-state index in [4.69, 9.17) is 14.2 Å². The summed E-state index contributed by atoms with van der Waals surface area (Å²) >= 11 is 0. The van der Waals surface area contributed by atoms with Crippen LogP contribution in [0.15, 0.2) is 72.8 Å². The van der Waals surface area contributed by atoms with E-state index < -0.39 is 0 Å². The number of para-hydroxylation sites is 1. The molecule has 0 bridgehead atoms. The monoisotopic (exact) mass is 489 g/mol. The Morgan fingerprint density at radius 2 is 1.56 bits per heavy atom. The minimum Gasteiger partial charge on any atom is -0.493 e. The van der Waals surface area contributed by atoms with Crippen molar-refractivity contribution in [1.82, 2.24) is 0 Å². The fourth-order valence-electron chi connectivity index (χ4n) is 3.65. The molecule has 0 aliphatic carbocycles. The molecule has 190 valence electrons. The van der Waals surface area contributed by atoms with Crippen molar-refractivity contribution in [2.45, 2.75) is 46.6 Å². The minimum absolute atomic E-state index is 0.251. The van der Waals surface area contributed by atoms with Gasteiger partial charge in [-0.05, 0) is 73.2 Å². The molecule has 0 aromatic heterocycles. The summed E-state index contributed by atoms with van der Waals surface area (Å²) in [5.41, 5.74) is 3.52. The Hall–Kier alpha value is -3.80. The molecule has 6 heteroatoms. The highest BCUT2D eigenvalue weighted by Gasteiger charge is 2.13. The number of hydrogen-bond acceptors (Lipinski definition) is 5. The average Bonchev–Trinajstić information content (AvgIpc) is 2.87. The average molecular weight is 490 g/mol. The van der Waals surface area contributed by atoms with E-state index in [1.165, 1.54) is 5.56 Å². The van der Waals surface area contributed by atoms with E-state index in [1.807, 2.05) is 30.3 Å². The van der Waals surface area contributed by atoms with Crippen LogP contribution in [0.1, 0.15) is 55.1 Å². The zero-order chi connectivity index (χ0) is 25.8. The van der Waals surface area contributed by atoms with Crippen LogP contribution in [0.4, 0.5) is 5.69 Å². The van der Waals surface area contributed by atoms with Crippen molar-refractivity contribution in [3.63, 3.8) is 0 Å². The summed E-state index contributed by atoms with van der Waals surface area (Å²) in [6, 6.07) is 22.8. The largest absolute Gasteiger partial charge is 0.493 e. The molecule has 6 nitrogen and oxygen atoms in total. The van der Waals surface area contributed by atoms with Gasteiger partial charge in [0.2, 0.25) is 0 Å².